The third kappa shape index (κ3) is 3.99. The lowest BCUT2D eigenvalue weighted by molar-refractivity contribution is -0.139. The molecule has 0 aromatic heterocycles. The van der Waals surface area contributed by atoms with E-state index in [0.29, 0.717) is 23.7 Å². The van der Waals surface area contributed by atoms with E-state index in [-0.39, 0.29) is 23.6 Å². The highest BCUT2D eigenvalue weighted by atomic mass is 16.5. The van der Waals surface area contributed by atoms with Crippen LogP contribution in [0.2, 0.25) is 0 Å². The van der Waals surface area contributed by atoms with Gasteiger partial charge in [-0.15, -0.1) is 0 Å². The number of nitrogens with two attached hydrogens (primary N) is 1. The number of ether oxygens (including phenoxy) is 3. The van der Waals surface area contributed by atoms with Crippen LogP contribution >= 0.6 is 0 Å². The zero-order chi connectivity index (χ0) is 19.1. The van der Waals surface area contributed by atoms with Crippen molar-refractivity contribution in [2.45, 2.75) is 39.5 Å². The number of benzene rings is 1. The van der Waals surface area contributed by atoms with Crippen molar-refractivity contribution in [2.24, 2.45) is 5.73 Å². The maximum atomic E-state index is 12.6. The van der Waals surface area contributed by atoms with E-state index in [2.05, 4.69) is 13.0 Å². The first-order valence-electron chi connectivity index (χ1n) is 8.72. The van der Waals surface area contributed by atoms with E-state index in [1.807, 2.05) is 24.3 Å². The minimum Gasteiger partial charge on any atom is -0.493 e. The topological polar surface area (TPSA) is 94.6 Å². The molecule has 0 amide bonds. The number of para-hydroxylation sites is 1. The normalized spacial score (nSPS) is 16.8. The van der Waals surface area contributed by atoms with Crippen LogP contribution in [0.25, 0.3) is 0 Å². The zero-order valence-corrected chi connectivity index (χ0v) is 15.4. The van der Waals surface area contributed by atoms with Crippen LogP contribution in [0.3, 0.4) is 0 Å². The fourth-order valence-electron chi connectivity index (χ4n) is 2.84. The Balaban J connectivity index is 2.56. The third-order valence-corrected chi connectivity index (χ3v) is 4.09. The quantitative estimate of drug-likeness (QED) is 0.593. The van der Waals surface area contributed by atoms with Gasteiger partial charge < -0.3 is 19.9 Å². The average molecular weight is 356 g/mol. The number of esters is 1. The maximum absolute atomic E-state index is 12.6. The number of nitriles is 1. The fraction of sp³-hybridized carbons (Fsp3) is 0.400. The zero-order valence-electron chi connectivity index (χ0n) is 15.4. The molecule has 0 radical (unpaired) electrons. The Bertz CT molecular complexity index is 774. The summed E-state index contributed by atoms with van der Waals surface area (Å²) in [6, 6.07) is 9.41. The van der Waals surface area contributed by atoms with Crippen LogP contribution < -0.4 is 10.5 Å². The molecule has 0 saturated heterocycles. The summed E-state index contributed by atoms with van der Waals surface area (Å²) in [5, 5.41) is 9.63. The number of carbonyl (C=O) groups excluding carboxylic acids is 1. The van der Waals surface area contributed by atoms with Gasteiger partial charge in [0.1, 0.15) is 23.2 Å². The Hall–Kier alpha value is -2.94. The maximum Gasteiger partial charge on any atom is 0.338 e. The molecule has 138 valence electrons. The summed E-state index contributed by atoms with van der Waals surface area (Å²) in [6.45, 7) is 6.22. The van der Waals surface area contributed by atoms with Crippen LogP contribution in [0.15, 0.2) is 47.1 Å². The molecule has 1 aromatic carbocycles. The predicted molar refractivity (Wildman–Crippen MR) is 96.8 cm³/mol. The lowest BCUT2D eigenvalue weighted by Gasteiger charge is -2.28. The molecule has 0 spiro atoms. The van der Waals surface area contributed by atoms with E-state index >= 15 is 0 Å². The van der Waals surface area contributed by atoms with Crippen LogP contribution in [-0.2, 0) is 14.3 Å². The Labute approximate surface area is 153 Å². The molecule has 1 aliphatic heterocycles. The van der Waals surface area contributed by atoms with Gasteiger partial charge in [-0.1, -0.05) is 31.5 Å². The first-order chi connectivity index (χ1) is 12.5. The molecule has 1 heterocycles. The van der Waals surface area contributed by atoms with Gasteiger partial charge in [-0.3, -0.25) is 0 Å². The van der Waals surface area contributed by atoms with Gasteiger partial charge >= 0.3 is 5.97 Å². The summed E-state index contributed by atoms with van der Waals surface area (Å²) in [7, 11) is 0. The van der Waals surface area contributed by atoms with Crippen LogP contribution in [0.1, 0.15) is 45.1 Å². The van der Waals surface area contributed by atoms with Crippen LogP contribution in [0, 0.1) is 11.3 Å². The van der Waals surface area contributed by atoms with Crippen molar-refractivity contribution < 1.29 is 19.0 Å². The standard InChI is InChI=1S/C20H24N2O4/c1-4-6-11-25-16-10-8-7-9-14(16)18-15(12-21)19(22)26-13(3)17(18)20(23)24-5-2/h7-10,18H,4-6,11,22H2,1-3H3/t18-/m1/s1. The van der Waals surface area contributed by atoms with Gasteiger partial charge in [0.15, 0.2) is 0 Å². The molecule has 2 N–H and O–H groups in total. The third-order valence-electron chi connectivity index (χ3n) is 4.09. The van der Waals surface area contributed by atoms with E-state index in [9.17, 15) is 10.1 Å². The molecule has 0 unspecified atom stereocenters. The van der Waals surface area contributed by atoms with Crippen molar-refractivity contribution >= 4 is 5.97 Å². The largest absolute Gasteiger partial charge is 0.493 e. The van der Waals surface area contributed by atoms with Crippen molar-refractivity contribution in [1.29, 1.82) is 5.26 Å². The van der Waals surface area contributed by atoms with Crippen molar-refractivity contribution in [2.75, 3.05) is 13.2 Å². The van der Waals surface area contributed by atoms with Crippen LogP contribution in [0.4, 0.5) is 0 Å². The van der Waals surface area contributed by atoms with Crippen molar-refractivity contribution in [3.8, 4) is 11.8 Å². The Kier molecular flexibility index (Phi) is 6.67. The molecule has 1 aliphatic rings. The Morgan fingerprint density at radius 3 is 2.73 bits per heavy atom. The smallest absolute Gasteiger partial charge is 0.338 e. The van der Waals surface area contributed by atoms with Crippen molar-refractivity contribution in [1.82, 2.24) is 0 Å². The molecule has 0 saturated carbocycles. The second kappa shape index (κ2) is 8.95. The molecule has 2 rings (SSSR count). The van der Waals surface area contributed by atoms with Gasteiger partial charge in [0.25, 0.3) is 0 Å². The van der Waals surface area contributed by atoms with E-state index in [0.717, 1.165) is 12.8 Å². The monoisotopic (exact) mass is 356 g/mol. The molecule has 0 aliphatic carbocycles. The van der Waals surface area contributed by atoms with E-state index in [1.165, 1.54) is 0 Å². The molecule has 6 nitrogen and oxygen atoms in total. The summed E-state index contributed by atoms with van der Waals surface area (Å²) < 4.78 is 16.5. The van der Waals surface area contributed by atoms with Gasteiger partial charge in [-0.05, 0) is 26.3 Å². The average Bonchev–Trinajstić information content (AvgIpc) is 2.62. The molecular weight excluding hydrogens is 332 g/mol. The first-order valence-corrected chi connectivity index (χ1v) is 8.72. The second-order valence-corrected chi connectivity index (χ2v) is 5.85. The Morgan fingerprint density at radius 1 is 1.35 bits per heavy atom. The minimum atomic E-state index is -0.689. The van der Waals surface area contributed by atoms with Gasteiger partial charge in [0.2, 0.25) is 5.88 Å². The fourth-order valence-corrected chi connectivity index (χ4v) is 2.84. The number of nitrogens with zero attached hydrogens (tertiary/aromatic N) is 1. The van der Waals surface area contributed by atoms with Gasteiger partial charge in [-0.25, -0.2) is 4.79 Å². The predicted octanol–water partition coefficient (Wildman–Crippen LogP) is 3.51. The van der Waals surface area contributed by atoms with Crippen LogP contribution in [0.5, 0.6) is 5.75 Å². The summed E-state index contributed by atoms with van der Waals surface area (Å²) >= 11 is 0. The Morgan fingerprint density at radius 2 is 2.08 bits per heavy atom. The number of hydrogen-bond acceptors (Lipinski definition) is 6. The molecular formula is C20H24N2O4. The highest BCUT2D eigenvalue weighted by molar-refractivity contribution is 5.92. The number of hydrogen-bond donors (Lipinski definition) is 1. The van der Waals surface area contributed by atoms with E-state index in [4.69, 9.17) is 19.9 Å². The van der Waals surface area contributed by atoms with E-state index in [1.54, 1.807) is 13.8 Å². The van der Waals surface area contributed by atoms with Crippen LogP contribution in [-0.4, -0.2) is 19.2 Å². The SMILES string of the molecule is CCCCOc1ccccc1[C@@H]1C(C#N)=C(N)OC(C)=C1C(=O)OCC. The van der Waals surface area contributed by atoms with Gasteiger partial charge in [0, 0.05) is 5.56 Å². The molecule has 1 aromatic rings. The highest BCUT2D eigenvalue weighted by Gasteiger charge is 2.37. The molecule has 1 atom stereocenters. The number of allylic oxidation sites excluding steroid dienone is 2. The molecule has 0 bridgehead atoms. The summed E-state index contributed by atoms with van der Waals surface area (Å²) in [4.78, 5) is 12.6. The summed E-state index contributed by atoms with van der Waals surface area (Å²) in [6.07, 6.45) is 1.91. The number of unbranched alkanes of at least 4 members (excludes halogenated alkanes) is 1. The van der Waals surface area contributed by atoms with Crippen molar-refractivity contribution in [3.63, 3.8) is 0 Å². The summed E-state index contributed by atoms with van der Waals surface area (Å²) in [5.74, 6) is -0.285. The van der Waals surface area contributed by atoms with Crippen molar-refractivity contribution in [3.05, 3.63) is 52.6 Å². The van der Waals surface area contributed by atoms with Gasteiger partial charge in [0.05, 0.1) is 24.7 Å². The lowest BCUT2D eigenvalue weighted by Crippen LogP contribution is -2.26. The summed E-state index contributed by atoms with van der Waals surface area (Å²) in [5.41, 5.74) is 7.05. The highest BCUT2D eigenvalue weighted by Crippen LogP contribution is 2.42. The number of rotatable bonds is 7. The number of carbonyl (C=O) groups is 1. The minimum absolute atomic E-state index is 0.00795. The van der Waals surface area contributed by atoms with Gasteiger partial charge in [-0.2, -0.15) is 5.26 Å². The molecule has 6 heteroatoms. The van der Waals surface area contributed by atoms with E-state index < -0.39 is 11.9 Å². The molecule has 26 heavy (non-hydrogen) atoms. The first kappa shape index (κ1) is 19.4. The lowest BCUT2D eigenvalue weighted by atomic mass is 9.82. The molecule has 0 fully saturated rings. The second-order valence-electron chi connectivity index (χ2n) is 5.85.